The van der Waals surface area contributed by atoms with Crippen molar-refractivity contribution in [2.24, 2.45) is 0 Å². The molecule has 0 atom stereocenters. The molecule has 0 heterocycles. The number of nitrogens with one attached hydrogen (secondary N) is 1. The monoisotopic (exact) mass is 468 g/mol. The number of rotatable bonds is 8. The zero-order chi connectivity index (χ0) is 22.3. The summed E-state index contributed by atoms with van der Waals surface area (Å²) in [6.07, 6.45) is 0.769. The van der Waals surface area contributed by atoms with Crippen LogP contribution in [-0.2, 0) is 22.0 Å². The van der Waals surface area contributed by atoms with Crippen LogP contribution in [0, 0.1) is 11.3 Å². The minimum atomic E-state index is -3.99. The van der Waals surface area contributed by atoms with Crippen molar-refractivity contribution in [1.29, 1.82) is 5.26 Å². The predicted molar refractivity (Wildman–Crippen MR) is 128 cm³/mol. The molecule has 3 aromatic carbocycles. The van der Waals surface area contributed by atoms with Crippen LogP contribution in [0.15, 0.2) is 93.7 Å². The third-order valence-electron chi connectivity index (χ3n) is 4.57. The van der Waals surface area contributed by atoms with Crippen molar-refractivity contribution >= 4 is 38.9 Å². The maximum absolute atomic E-state index is 13.3. The maximum Gasteiger partial charge on any atom is 0.219 e. The highest BCUT2D eigenvalue weighted by atomic mass is 35.5. The molecule has 0 radical (unpaired) electrons. The van der Waals surface area contributed by atoms with Crippen molar-refractivity contribution in [3.05, 3.63) is 105 Å². The number of anilines is 1. The summed E-state index contributed by atoms with van der Waals surface area (Å²) >= 11 is 7.24. The lowest BCUT2D eigenvalue weighted by Gasteiger charge is -2.16. The first kappa shape index (κ1) is 23.0. The molecule has 31 heavy (non-hydrogen) atoms. The number of sulfone groups is 1. The molecule has 1 N–H and O–H groups in total. The van der Waals surface area contributed by atoms with Crippen molar-refractivity contribution < 1.29 is 8.42 Å². The lowest BCUT2D eigenvalue weighted by Crippen LogP contribution is -2.11. The zero-order valence-corrected chi connectivity index (χ0v) is 19.3. The molecule has 0 bridgehead atoms. The number of para-hydroxylation sites is 1. The fourth-order valence-corrected chi connectivity index (χ4v) is 5.58. The number of nitriles is 1. The van der Waals surface area contributed by atoms with Gasteiger partial charge in [-0.25, -0.2) is 8.42 Å². The number of hydrogen-bond donors (Lipinski definition) is 1. The van der Waals surface area contributed by atoms with Crippen LogP contribution >= 0.6 is 23.4 Å². The number of nitrogens with zero attached hydrogens (tertiary/aromatic N) is 1. The maximum atomic E-state index is 13.3. The van der Waals surface area contributed by atoms with Gasteiger partial charge in [-0.05, 0) is 47.9 Å². The van der Waals surface area contributed by atoms with Gasteiger partial charge in [0.25, 0.3) is 0 Å². The largest absolute Gasteiger partial charge is 0.348 e. The summed E-state index contributed by atoms with van der Waals surface area (Å²) in [5.74, 6) is 0.475. The van der Waals surface area contributed by atoms with E-state index in [0.717, 1.165) is 23.2 Å². The van der Waals surface area contributed by atoms with Gasteiger partial charge in [0.15, 0.2) is 4.91 Å². The summed E-state index contributed by atoms with van der Waals surface area (Å²) in [5.41, 5.74) is 2.77. The molecule has 3 rings (SSSR count). The van der Waals surface area contributed by atoms with Gasteiger partial charge in [0.1, 0.15) is 11.1 Å². The predicted octanol–water partition coefficient (Wildman–Crippen LogP) is 6.41. The molecule has 0 aliphatic carbocycles. The number of aryl methyl sites for hydroxylation is 1. The van der Waals surface area contributed by atoms with Crippen LogP contribution in [-0.4, -0.2) is 8.42 Å². The summed E-state index contributed by atoms with van der Waals surface area (Å²) in [6.45, 7) is 2.02. The van der Waals surface area contributed by atoms with Crippen LogP contribution in [0.25, 0.3) is 0 Å². The molecular weight excluding hydrogens is 448 g/mol. The highest BCUT2D eigenvalue weighted by Gasteiger charge is 2.25. The number of benzene rings is 3. The van der Waals surface area contributed by atoms with Gasteiger partial charge in [-0.1, -0.05) is 67.1 Å². The number of hydrogen-bond acceptors (Lipinski definition) is 5. The van der Waals surface area contributed by atoms with Crippen LogP contribution in [0.3, 0.4) is 0 Å². The molecule has 0 unspecified atom stereocenters. The van der Waals surface area contributed by atoms with E-state index in [0.29, 0.717) is 15.8 Å². The van der Waals surface area contributed by atoms with E-state index >= 15 is 0 Å². The van der Waals surface area contributed by atoms with Gasteiger partial charge in [0, 0.05) is 16.5 Å². The van der Waals surface area contributed by atoms with E-state index in [1.54, 1.807) is 30.3 Å². The summed E-state index contributed by atoms with van der Waals surface area (Å²) in [4.78, 5) is -0.217. The molecule has 7 heteroatoms. The van der Waals surface area contributed by atoms with E-state index in [9.17, 15) is 13.7 Å². The SMILES string of the molecule is CCc1ccccc1N/C(SCc1ccc(Cl)cc1)=C(/C#N)S(=O)(=O)c1ccccc1. The van der Waals surface area contributed by atoms with E-state index in [4.69, 9.17) is 11.6 Å². The lowest BCUT2D eigenvalue weighted by molar-refractivity contribution is 0.603. The van der Waals surface area contributed by atoms with Crippen molar-refractivity contribution in [1.82, 2.24) is 0 Å². The van der Waals surface area contributed by atoms with Crippen molar-refractivity contribution in [3.8, 4) is 6.07 Å². The third-order valence-corrected chi connectivity index (χ3v) is 7.75. The smallest absolute Gasteiger partial charge is 0.219 e. The molecule has 0 saturated heterocycles. The Morgan fingerprint density at radius 2 is 1.65 bits per heavy atom. The number of halogens is 1. The zero-order valence-electron chi connectivity index (χ0n) is 16.9. The van der Waals surface area contributed by atoms with E-state index in [1.807, 2.05) is 49.4 Å². The number of allylic oxidation sites excluding steroid dienone is 1. The van der Waals surface area contributed by atoms with Crippen molar-refractivity contribution in [3.63, 3.8) is 0 Å². The molecule has 0 spiro atoms. The van der Waals surface area contributed by atoms with Gasteiger partial charge < -0.3 is 5.32 Å². The van der Waals surface area contributed by atoms with Crippen LogP contribution in [0.5, 0.6) is 0 Å². The van der Waals surface area contributed by atoms with Gasteiger partial charge in [0.05, 0.1) is 4.90 Å². The summed E-state index contributed by atoms with van der Waals surface area (Å²) in [5, 5.41) is 14.0. The Hall–Kier alpha value is -2.72. The fourth-order valence-electron chi connectivity index (χ4n) is 2.92. The van der Waals surface area contributed by atoms with Gasteiger partial charge in [-0.15, -0.1) is 11.8 Å². The molecule has 0 aliphatic heterocycles. The molecule has 0 aliphatic rings. The van der Waals surface area contributed by atoms with Gasteiger partial charge in [-0.3, -0.25) is 0 Å². The standard InChI is InChI=1S/C24H21ClN2O2S2/c1-2-19-8-6-7-11-22(19)27-24(30-17-18-12-14-20(25)15-13-18)23(16-26)31(28,29)21-9-4-3-5-10-21/h3-15,27H,2,17H2,1H3/b24-23+. The van der Waals surface area contributed by atoms with Crippen LogP contribution < -0.4 is 5.32 Å². The van der Waals surface area contributed by atoms with Crippen LogP contribution in [0.4, 0.5) is 5.69 Å². The Morgan fingerprint density at radius 3 is 2.29 bits per heavy atom. The van der Waals surface area contributed by atoms with E-state index in [-0.39, 0.29) is 9.80 Å². The minimum Gasteiger partial charge on any atom is -0.348 e. The molecule has 0 amide bonds. The van der Waals surface area contributed by atoms with E-state index < -0.39 is 9.84 Å². The Morgan fingerprint density at radius 1 is 1.00 bits per heavy atom. The normalized spacial score (nSPS) is 12.0. The topological polar surface area (TPSA) is 70.0 Å². The average molecular weight is 469 g/mol. The molecule has 0 fully saturated rings. The molecule has 0 saturated carbocycles. The van der Waals surface area contributed by atoms with Crippen LogP contribution in [0.2, 0.25) is 5.02 Å². The first-order chi connectivity index (χ1) is 15.0. The third kappa shape index (κ3) is 5.71. The van der Waals surface area contributed by atoms with E-state index in [2.05, 4.69) is 5.32 Å². The molecule has 4 nitrogen and oxygen atoms in total. The second kappa shape index (κ2) is 10.5. The summed E-state index contributed by atoms with van der Waals surface area (Å²) in [6, 6.07) is 24.9. The molecule has 158 valence electrons. The minimum absolute atomic E-state index is 0.0849. The van der Waals surface area contributed by atoms with E-state index in [1.165, 1.54) is 23.9 Å². The van der Waals surface area contributed by atoms with Gasteiger partial charge in [-0.2, -0.15) is 5.26 Å². The molecule has 3 aromatic rings. The summed E-state index contributed by atoms with van der Waals surface area (Å²) in [7, 11) is -3.99. The first-order valence-electron chi connectivity index (χ1n) is 9.62. The first-order valence-corrected chi connectivity index (χ1v) is 12.5. The fraction of sp³-hybridized carbons (Fsp3) is 0.125. The highest BCUT2D eigenvalue weighted by molar-refractivity contribution is 8.04. The highest BCUT2D eigenvalue weighted by Crippen LogP contribution is 2.32. The van der Waals surface area contributed by atoms with Crippen LogP contribution in [0.1, 0.15) is 18.1 Å². The quantitative estimate of drug-likeness (QED) is 0.386. The Labute approximate surface area is 192 Å². The second-order valence-corrected chi connectivity index (χ2v) is 9.95. The van der Waals surface area contributed by atoms with Gasteiger partial charge in [0.2, 0.25) is 9.84 Å². The Balaban J connectivity index is 2.06. The van der Waals surface area contributed by atoms with Crippen molar-refractivity contribution in [2.45, 2.75) is 24.0 Å². The second-order valence-electron chi connectivity index (χ2n) is 6.64. The number of thioether (sulfide) groups is 1. The Bertz CT molecular complexity index is 1220. The Kier molecular flexibility index (Phi) is 7.80. The average Bonchev–Trinajstić information content (AvgIpc) is 2.79. The van der Waals surface area contributed by atoms with Gasteiger partial charge >= 0.3 is 0 Å². The molecule has 0 aromatic heterocycles. The molecular formula is C24H21ClN2O2S2. The lowest BCUT2D eigenvalue weighted by atomic mass is 10.1. The summed E-state index contributed by atoms with van der Waals surface area (Å²) < 4.78 is 26.5. The van der Waals surface area contributed by atoms with Crippen molar-refractivity contribution in [2.75, 3.05) is 5.32 Å².